The van der Waals surface area contributed by atoms with Crippen molar-refractivity contribution in [2.24, 2.45) is 0 Å². The highest BCUT2D eigenvalue weighted by Crippen LogP contribution is 2.22. The minimum absolute atomic E-state index is 0.311. The van der Waals surface area contributed by atoms with Crippen LogP contribution in [0.15, 0.2) is 30.5 Å². The van der Waals surface area contributed by atoms with Gasteiger partial charge in [-0.15, -0.1) is 0 Å². The van der Waals surface area contributed by atoms with Crippen LogP contribution in [0.25, 0.3) is 0 Å². The van der Waals surface area contributed by atoms with Gasteiger partial charge in [-0.3, -0.25) is 0 Å². The summed E-state index contributed by atoms with van der Waals surface area (Å²) < 4.78 is 5.07. The lowest BCUT2D eigenvalue weighted by Crippen LogP contribution is -2.19. The van der Waals surface area contributed by atoms with Crippen molar-refractivity contribution in [3.8, 4) is 5.88 Å². The molecule has 0 amide bonds. The summed E-state index contributed by atoms with van der Waals surface area (Å²) in [6, 6.07) is 8.79. The van der Waals surface area contributed by atoms with E-state index in [2.05, 4.69) is 50.1 Å². The van der Waals surface area contributed by atoms with Crippen LogP contribution in [0.1, 0.15) is 40.8 Å². The van der Waals surface area contributed by atoms with Crippen LogP contribution in [-0.4, -0.2) is 12.1 Å². The number of nitrogens with zero attached hydrogens (tertiary/aromatic N) is 1. The first-order chi connectivity index (χ1) is 10.0. The van der Waals surface area contributed by atoms with Crippen molar-refractivity contribution in [2.45, 2.75) is 40.3 Å². The van der Waals surface area contributed by atoms with Gasteiger partial charge in [0.2, 0.25) is 5.88 Å². The Morgan fingerprint density at radius 3 is 2.43 bits per heavy atom. The first-order valence-electron chi connectivity index (χ1n) is 7.31. The fraction of sp³-hybridized carbons (Fsp3) is 0.389. The predicted molar refractivity (Wildman–Crippen MR) is 86.7 cm³/mol. The van der Waals surface area contributed by atoms with E-state index >= 15 is 0 Å². The quantitative estimate of drug-likeness (QED) is 0.905. The molecule has 0 saturated heterocycles. The molecule has 0 aliphatic rings. The van der Waals surface area contributed by atoms with E-state index in [1.54, 1.807) is 7.11 Å². The monoisotopic (exact) mass is 284 g/mol. The Morgan fingerprint density at radius 1 is 1.10 bits per heavy atom. The maximum Gasteiger partial charge on any atom is 0.212 e. The van der Waals surface area contributed by atoms with E-state index in [1.165, 1.54) is 22.3 Å². The number of aromatic nitrogens is 1. The molecule has 2 rings (SSSR count). The van der Waals surface area contributed by atoms with Crippen molar-refractivity contribution in [3.63, 3.8) is 0 Å². The molecular formula is C18H24N2O. The summed E-state index contributed by atoms with van der Waals surface area (Å²) in [6.07, 6.45) is 1.85. The molecule has 0 bridgehead atoms. The number of benzene rings is 1. The molecule has 1 aromatic carbocycles. The van der Waals surface area contributed by atoms with Crippen LogP contribution in [0.4, 0.5) is 0 Å². The van der Waals surface area contributed by atoms with Crippen molar-refractivity contribution in [1.82, 2.24) is 10.3 Å². The third-order valence-electron chi connectivity index (χ3n) is 3.97. The van der Waals surface area contributed by atoms with Gasteiger partial charge in [-0.2, -0.15) is 0 Å². The van der Waals surface area contributed by atoms with Crippen LogP contribution in [0.3, 0.4) is 0 Å². The number of aryl methyl sites for hydroxylation is 3. The van der Waals surface area contributed by atoms with Crippen LogP contribution in [-0.2, 0) is 6.54 Å². The second kappa shape index (κ2) is 6.72. The number of pyridine rings is 1. The highest BCUT2D eigenvalue weighted by molar-refractivity contribution is 5.38. The van der Waals surface area contributed by atoms with Crippen LogP contribution in [0.2, 0.25) is 0 Å². The van der Waals surface area contributed by atoms with E-state index in [4.69, 9.17) is 4.74 Å². The molecule has 0 saturated carbocycles. The molecular weight excluding hydrogens is 260 g/mol. The first kappa shape index (κ1) is 15.5. The minimum atomic E-state index is 0.311. The molecule has 0 spiro atoms. The fourth-order valence-corrected chi connectivity index (χ4v) is 2.47. The molecule has 1 unspecified atom stereocenters. The molecule has 3 nitrogen and oxygen atoms in total. The summed E-state index contributed by atoms with van der Waals surface area (Å²) in [5.74, 6) is 0.650. The van der Waals surface area contributed by atoms with Gasteiger partial charge in [0.15, 0.2) is 0 Å². The van der Waals surface area contributed by atoms with Gasteiger partial charge in [0, 0.05) is 24.8 Å². The summed E-state index contributed by atoms with van der Waals surface area (Å²) in [5.41, 5.74) is 6.55. The largest absolute Gasteiger partial charge is 0.481 e. The van der Waals surface area contributed by atoms with E-state index in [9.17, 15) is 0 Å². The predicted octanol–water partition coefficient (Wildman–Crippen LogP) is 3.87. The molecule has 112 valence electrons. The zero-order chi connectivity index (χ0) is 15.4. The Morgan fingerprint density at radius 2 is 1.81 bits per heavy atom. The normalized spacial score (nSPS) is 12.2. The molecule has 21 heavy (non-hydrogen) atoms. The van der Waals surface area contributed by atoms with Crippen molar-refractivity contribution in [2.75, 3.05) is 7.11 Å². The zero-order valence-corrected chi connectivity index (χ0v) is 13.5. The summed E-state index contributed by atoms with van der Waals surface area (Å²) >= 11 is 0. The zero-order valence-electron chi connectivity index (χ0n) is 13.5. The SMILES string of the molecule is COc1ccc(CNC(C)c2cc(C)c(C)cc2C)cn1. The third kappa shape index (κ3) is 3.82. The van der Waals surface area contributed by atoms with Crippen molar-refractivity contribution in [1.29, 1.82) is 0 Å². The number of methoxy groups -OCH3 is 1. The average Bonchev–Trinajstić information content (AvgIpc) is 2.49. The lowest BCUT2D eigenvalue weighted by molar-refractivity contribution is 0.397. The molecule has 0 fully saturated rings. The van der Waals surface area contributed by atoms with Crippen molar-refractivity contribution < 1.29 is 4.74 Å². The molecule has 1 N–H and O–H groups in total. The Bertz CT molecular complexity index is 605. The topological polar surface area (TPSA) is 34.1 Å². The summed E-state index contributed by atoms with van der Waals surface area (Å²) in [7, 11) is 1.63. The number of nitrogens with one attached hydrogen (secondary N) is 1. The van der Waals surface area contributed by atoms with E-state index in [0.717, 1.165) is 12.1 Å². The highest BCUT2D eigenvalue weighted by Gasteiger charge is 2.09. The van der Waals surface area contributed by atoms with Gasteiger partial charge in [0.1, 0.15) is 0 Å². The van der Waals surface area contributed by atoms with Gasteiger partial charge in [-0.25, -0.2) is 4.98 Å². The van der Waals surface area contributed by atoms with Crippen LogP contribution < -0.4 is 10.1 Å². The van der Waals surface area contributed by atoms with Crippen molar-refractivity contribution in [3.05, 3.63) is 58.3 Å². The summed E-state index contributed by atoms with van der Waals surface area (Å²) in [4.78, 5) is 4.23. The average molecular weight is 284 g/mol. The number of ether oxygens (including phenoxy) is 1. The summed E-state index contributed by atoms with van der Waals surface area (Å²) in [5, 5.41) is 3.56. The van der Waals surface area contributed by atoms with Crippen LogP contribution in [0, 0.1) is 20.8 Å². The summed E-state index contributed by atoms with van der Waals surface area (Å²) in [6.45, 7) is 9.50. The molecule has 0 aliphatic carbocycles. The Labute approximate surface area is 127 Å². The van der Waals surface area contributed by atoms with Crippen molar-refractivity contribution >= 4 is 0 Å². The molecule has 0 radical (unpaired) electrons. The molecule has 3 heteroatoms. The minimum Gasteiger partial charge on any atom is -0.481 e. The molecule has 1 aromatic heterocycles. The van der Waals surface area contributed by atoms with E-state index in [1.807, 2.05) is 18.3 Å². The molecule has 1 heterocycles. The van der Waals surface area contributed by atoms with Crippen LogP contribution >= 0.6 is 0 Å². The Kier molecular flexibility index (Phi) is 4.97. The smallest absolute Gasteiger partial charge is 0.212 e. The molecule has 1 atom stereocenters. The van der Waals surface area contributed by atoms with Gasteiger partial charge >= 0.3 is 0 Å². The van der Waals surface area contributed by atoms with Gasteiger partial charge in [-0.05, 0) is 55.5 Å². The van der Waals surface area contributed by atoms with Crippen LogP contribution in [0.5, 0.6) is 5.88 Å². The Hall–Kier alpha value is -1.87. The van der Waals surface area contributed by atoms with Gasteiger partial charge in [-0.1, -0.05) is 18.2 Å². The van der Waals surface area contributed by atoms with E-state index in [-0.39, 0.29) is 0 Å². The maximum atomic E-state index is 5.07. The fourth-order valence-electron chi connectivity index (χ4n) is 2.47. The van der Waals surface area contributed by atoms with Gasteiger partial charge in [0.05, 0.1) is 7.11 Å². The van der Waals surface area contributed by atoms with Gasteiger partial charge < -0.3 is 10.1 Å². The number of rotatable bonds is 5. The van der Waals surface area contributed by atoms with E-state index in [0.29, 0.717) is 11.9 Å². The van der Waals surface area contributed by atoms with Gasteiger partial charge in [0.25, 0.3) is 0 Å². The number of hydrogen-bond donors (Lipinski definition) is 1. The highest BCUT2D eigenvalue weighted by atomic mass is 16.5. The third-order valence-corrected chi connectivity index (χ3v) is 3.97. The number of hydrogen-bond acceptors (Lipinski definition) is 3. The van der Waals surface area contributed by atoms with E-state index < -0.39 is 0 Å². The molecule has 2 aromatic rings. The Balaban J connectivity index is 2.04. The first-order valence-corrected chi connectivity index (χ1v) is 7.31. The lowest BCUT2D eigenvalue weighted by atomic mass is 9.96. The standard InChI is InChI=1S/C18H24N2O/c1-12-8-14(3)17(9-13(12)2)15(4)19-10-16-6-7-18(21-5)20-11-16/h6-9,11,15,19H,10H2,1-5H3. The molecule has 0 aliphatic heterocycles. The second-order valence-corrected chi connectivity index (χ2v) is 5.60. The maximum absolute atomic E-state index is 5.07. The lowest BCUT2D eigenvalue weighted by Gasteiger charge is -2.18. The second-order valence-electron chi connectivity index (χ2n) is 5.60.